The van der Waals surface area contributed by atoms with Crippen molar-refractivity contribution >= 4 is 17.4 Å². The fourth-order valence-electron chi connectivity index (χ4n) is 2.69. The van der Waals surface area contributed by atoms with Crippen LogP contribution in [0.5, 0.6) is 11.5 Å². The van der Waals surface area contributed by atoms with Crippen molar-refractivity contribution in [2.24, 2.45) is 0 Å². The molecule has 2 aromatic rings. The van der Waals surface area contributed by atoms with Gasteiger partial charge >= 0.3 is 0 Å². The number of ketones is 1. The number of anilines is 1. The number of carbonyl (C=O) groups is 2. The normalized spacial score (nSPS) is 13.5. The van der Waals surface area contributed by atoms with Crippen molar-refractivity contribution in [3.05, 3.63) is 53.6 Å². The second-order valence-corrected chi connectivity index (χ2v) is 5.25. The number of rotatable bonds is 3. The molecule has 1 heterocycles. The molecule has 3 rings (SSSR count). The second kappa shape index (κ2) is 6.12. The topological polar surface area (TPSA) is 55.8 Å². The van der Waals surface area contributed by atoms with E-state index in [-0.39, 0.29) is 11.7 Å². The van der Waals surface area contributed by atoms with Crippen LogP contribution in [0.15, 0.2) is 42.5 Å². The molecule has 0 N–H and O–H groups in total. The number of methoxy groups -OCH3 is 2. The Morgan fingerprint density at radius 1 is 1.04 bits per heavy atom. The molecule has 0 fully saturated rings. The Morgan fingerprint density at radius 3 is 2.52 bits per heavy atom. The summed E-state index contributed by atoms with van der Waals surface area (Å²) >= 11 is 0. The van der Waals surface area contributed by atoms with Crippen LogP contribution in [0.2, 0.25) is 0 Å². The van der Waals surface area contributed by atoms with Gasteiger partial charge in [-0.25, -0.2) is 0 Å². The van der Waals surface area contributed by atoms with Crippen LogP contribution in [-0.4, -0.2) is 32.5 Å². The lowest BCUT2D eigenvalue weighted by atomic mass is 9.99. The van der Waals surface area contributed by atoms with Gasteiger partial charge in [-0.05, 0) is 36.4 Å². The van der Waals surface area contributed by atoms with Crippen LogP contribution in [0.4, 0.5) is 5.69 Å². The number of amides is 1. The van der Waals surface area contributed by atoms with Gasteiger partial charge in [-0.15, -0.1) is 0 Å². The zero-order valence-electron chi connectivity index (χ0n) is 13.0. The summed E-state index contributed by atoms with van der Waals surface area (Å²) in [7, 11) is 3.11. The van der Waals surface area contributed by atoms with Crippen LogP contribution >= 0.6 is 0 Å². The number of hydrogen-bond acceptors (Lipinski definition) is 4. The minimum absolute atomic E-state index is 0.0218. The van der Waals surface area contributed by atoms with Crippen molar-refractivity contribution in [2.75, 3.05) is 25.7 Å². The standard InChI is InChI=1S/C18H17NO4/c1-22-13-5-3-4-12(10-13)18(21)19-9-8-17(20)15-11-14(23-2)6-7-16(15)19/h3-7,10-11H,8-9H2,1-2H3. The van der Waals surface area contributed by atoms with Gasteiger partial charge in [0.05, 0.1) is 19.9 Å². The lowest BCUT2D eigenvalue weighted by Crippen LogP contribution is -2.37. The first-order chi connectivity index (χ1) is 11.1. The van der Waals surface area contributed by atoms with Crippen molar-refractivity contribution in [1.29, 1.82) is 0 Å². The van der Waals surface area contributed by atoms with E-state index in [2.05, 4.69) is 0 Å². The largest absolute Gasteiger partial charge is 0.497 e. The summed E-state index contributed by atoms with van der Waals surface area (Å²) in [5.41, 5.74) is 1.67. The first kappa shape index (κ1) is 15.1. The highest BCUT2D eigenvalue weighted by Crippen LogP contribution is 2.31. The van der Waals surface area contributed by atoms with E-state index in [0.29, 0.717) is 41.3 Å². The van der Waals surface area contributed by atoms with E-state index < -0.39 is 0 Å². The number of hydrogen-bond donors (Lipinski definition) is 0. The molecule has 1 aliphatic rings. The number of ether oxygens (including phenoxy) is 2. The number of fused-ring (bicyclic) bond motifs is 1. The van der Waals surface area contributed by atoms with Gasteiger partial charge in [0.1, 0.15) is 11.5 Å². The predicted octanol–water partition coefficient (Wildman–Crippen LogP) is 2.94. The Kier molecular flexibility index (Phi) is 4.02. The van der Waals surface area contributed by atoms with Gasteiger partial charge in [0.25, 0.3) is 5.91 Å². The van der Waals surface area contributed by atoms with Gasteiger partial charge in [0, 0.05) is 24.1 Å². The third-order valence-electron chi connectivity index (χ3n) is 3.92. The summed E-state index contributed by atoms with van der Waals surface area (Å²) in [5, 5.41) is 0. The summed E-state index contributed by atoms with van der Waals surface area (Å²) in [6, 6.07) is 12.2. The molecule has 0 aromatic heterocycles. The van der Waals surface area contributed by atoms with Crippen molar-refractivity contribution in [2.45, 2.75) is 6.42 Å². The Balaban J connectivity index is 1.99. The SMILES string of the molecule is COc1cccc(C(=O)N2CCC(=O)c3cc(OC)ccc32)c1. The van der Waals surface area contributed by atoms with Gasteiger partial charge in [0.2, 0.25) is 0 Å². The maximum atomic E-state index is 12.8. The molecule has 0 unspecified atom stereocenters. The molecule has 5 nitrogen and oxygen atoms in total. The maximum absolute atomic E-state index is 12.8. The number of benzene rings is 2. The van der Waals surface area contributed by atoms with Gasteiger partial charge in [-0.1, -0.05) is 6.07 Å². The maximum Gasteiger partial charge on any atom is 0.258 e. The molecule has 0 saturated heterocycles. The van der Waals surface area contributed by atoms with Crippen molar-refractivity contribution in [3.8, 4) is 11.5 Å². The van der Waals surface area contributed by atoms with Crippen LogP contribution in [-0.2, 0) is 0 Å². The molecular weight excluding hydrogens is 294 g/mol. The van der Waals surface area contributed by atoms with Crippen molar-refractivity contribution in [1.82, 2.24) is 0 Å². The number of carbonyl (C=O) groups excluding carboxylic acids is 2. The molecule has 0 aliphatic carbocycles. The summed E-state index contributed by atoms with van der Waals surface area (Å²) in [4.78, 5) is 26.6. The molecular formula is C18H17NO4. The second-order valence-electron chi connectivity index (χ2n) is 5.25. The fraction of sp³-hybridized carbons (Fsp3) is 0.222. The summed E-state index contributed by atoms with van der Waals surface area (Å²) in [6.45, 7) is 0.369. The molecule has 0 bridgehead atoms. The monoisotopic (exact) mass is 311 g/mol. The third-order valence-corrected chi connectivity index (χ3v) is 3.92. The van der Waals surface area contributed by atoms with E-state index in [4.69, 9.17) is 9.47 Å². The zero-order chi connectivity index (χ0) is 16.4. The van der Waals surface area contributed by atoms with Gasteiger partial charge in [-0.3, -0.25) is 9.59 Å². The molecule has 118 valence electrons. The van der Waals surface area contributed by atoms with Crippen LogP contribution in [0.25, 0.3) is 0 Å². The first-order valence-corrected chi connectivity index (χ1v) is 7.31. The van der Waals surface area contributed by atoms with E-state index in [1.807, 2.05) is 0 Å². The average molecular weight is 311 g/mol. The highest BCUT2D eigenvalue weighted by atomic mass is 16.5. The average Bonchev–Trinajstić information content (AvgIpc) is 2.61. The van der Waals surface area contributed by atoms with Crippen molar-refractivity contribution < 1.29 is 19.1 Å². The highest BCUT2D eigenvalue weighted by Gasteiger charge is 2.28. The van der Waals surface area contributed by atoms with Crippen LogP contribution in [0.3, 0.4) is 0 Å². The third kappa shape index (κ3) is 2.77. The Hall–Kier alpha value is -2.82. The first-order valence-electron chi connectivity index (χ1n) is 7.31. The van der Waals surface area contributed by atoms with E-state index in [1.165, 1.54) is 0 Å². The Bertz CT molecular complexity index is 769. The number of Topliss-reactive ketones (excluding diaryl/α,β-unsaturated/α-hetero) is 1. The Labute approximate surface area is 134 Å². The van der Waals surface area contributed by atoms with Crippen molar-refractivity contribution in [3.63, 3.8) is 0 Å². The minimum Gasteiger partial charge on any atom is -0.497 e. The zero-order valence-corrected chi connectivity index (χ0v) is 13.0. The molecule has 1 aliphatic heterocycles. The number of nitrogens with zero attached hydrogens (tertiary/aromatic N) is 1. The molecule has 0 atom stereocenters. The lowest BCUT2D eigenvalue weighted by molar-refractivity contribution is 0.0954. The van der Waals surface area contributed by atoms with E-state index in [9.17, 15) is 9.59 Å². The summed E-state index contributed by atoms with van der Waals surface area (Å²) in [5.74, 6) is 1.10. The minimum atomic E-state index is -0.150. The van der Waals surface area contributed by atoms with E-state index >= 15 is 0 Å². The van der Waals surface area contributed by atoms with Gasteiger partial charge in [0.15, 0.2) is 5.78 Å². The van der Waals surface area contributed by atoms with Gasteiger partial charge in [-0.2, -0.15) is 0 Å². The Morgan fingerprint density at radius 2 is 1.78 bits per heavy atom. The fourth-order valence-corrected chi connectivity index (χ4v) is 2.69. The summed E-state index contributed by atoms with van der Waals surface area (Å²) in [6.07, 6.45) is 0.301. The molecule has 1 amide bonds. The van der Waals surface area contributed by atoms with Crippen LogP contribution in [0, 0.1) is 0 Å². The molecule has 0 radical (unpaired) electrons. The molecule has 0 spiro atoms. The highest BCUT2D eigenvalue weighted by molar-refractivity contribution is 6.13. The van der Waals surface area contributed by atoms with E-state index in [1.54, 1.807) is 61.6 Å². The lowest BCUT2D eigenvalue weighted by Gasteiger charge is -2.29. The quantitative estimate of drug-likeness (QED) is 0.874. The molecule has 2 aromatic carbocycles. The smallest absolute Gasteiger partial charge is 0.258 e. The summed E-state index contributed by atoms with van der Waals surface area (Å²) < 4.78 is 10.3. The molecule has 5 heteroatoms. The van der Waals surface area contributed by atoms with E-state index in [0.717, 1.165) is 0 Å². The van der Waals surface area contributed by atoms with Crippen LogP contribution < -0.4 is 14.4 Å². The molecule has 0 saturated carbocycles. The predicted molar refractivity (Wildman–Crippen MR) is 86.6 cm³/mol. The molecule has 23 heavy (non-hydrogen) atoms. The van der Waals surface area contributed by atoms with Crippen LogP contribution in [0.1, 0.15) is 27.1 Å². The van der Waals surface area contributed by atoms with Gasteiger partial charge < -0.3 is 14.4 Å².